The molecule has 1 aliphatic rings. The van der Waals surface area contributed by atoms with Crippen LogP contribution >= 0.6 is 0 Å². The lowest BCUT2D eigenvalue weighted by molar-refractivity contribution is 0.780. The summed E-state index contributed by atoms with van der Waals surface area (Å²) in [6.45, 7) is 4.00. The number of anilines is 1. The number of rotatable bonds is 3. The van der Waals surface area contributed by atoms with Gasteiger partial charge in [-0.3, -0.25) is 0 Å². The summed E-state index contributed by atoms with van der Waals surface area (Å²) in [6, 6.07) is 10.7. The van der Waals surface area contributed by atoms with Gasteiger partial charge in [-0.05, 0) is 44.9 Å². The van der Waals surface area contributed by atoms with Crippen molar-refractivity contribution < 1.29 is 0 Å². The molecule has 5 heteroatoms. The maximum Gasteiger partial charge on any atom is 0.253 e. The number of hydrogen-bond donors (Lipinski definition) is 1. The van der Waals surface area contributed by atoms with Crippen LogP contribution in [0.25, 0.3) is 16.9 Å². The lowest BCUT2D eigenvalue weighted by atomic mass is 10.2. The van der Waals surface area contributed by atoms with E-state index in [1.54, 1.807) is 4.68 Å². The Labute approximate surface area is 123 Å². The van der Waals surface area contributed by atoms with Gasteiger partial charge in [-0.2, -0.15) is 10.1 Å². The summed E-state index contributed by atoms with van der Waals surface area (Å²) in [5.41, 5.74) is 2.96. The van der Waals surface area contributed by atoms with Gasteiger partial charge in [-0.15, -0.1) is 0 Å². The van der Waals surface area contributed by atoms with Crippen molar-refractivity contribution in [1.82, 2.24) is 19.7 Å². The summed E-state index contributed by atoms with van der Waals surface area (Å²) in [5, 5.41) is 9.05. The molecule has 1 N–H and O–H groups in total. The van der Waals surface area contributed by atoms with Crippen LogP contribution in [0.1, 0.15) is 24.2 Å². The van der Waals surface area contributed by atoms with Gasteiger partial charge in [0.25, 0.3) is 5.95 Å². The number of nitrogens with one attached hydrogen (secondary N) is 1. The number of aromatic nitrogens is 4. The Balaban J connectivity index is 1.91. The number of para-hydroxylation sites is 1. The molecule has 3 aromatic rings. The molecule has 0 unspecified atom stereocenters. The highest BCUT2D eigenvalue weighted by Crippen LogP contribution is 2.28. The molecule has 0 bridgehead atoms. The highest BCUT2D eigenvalue weighted by molar-refractivity contribution is 5.89. The Morgan fingerprint density at radius 3 is 2.67 bits per heavy atom. The fraction of sp³-hybridized carbons (Fsp3) is 0.312. The van der Waals surface area contributed by atoms with Crippen molar-refractivity contribution in [2.75, 3.05) is 5.32 Å². The third-order valence-corrected chi connectivity index (χ3v) is 3.71. The monoisotopic (exact) mass is 279 g/mol. The molecular weight excluding hydrogens is 262 g/mol. The van der Waals surface area contributed by atoms with Gasteiger partial charge in [0.2, 0.25) is 0 Å². The molecule has 5 nitrogen and oxygen atoms in total. The summed E-state index contributed by atoms with van der Waals surface area (Å²) >= 11 is 0. The van der Waals surface area contributed by atoms with E-state index >= 15 is 0 Å². The smallest absolute Gasteiger partial charge is 0.253 e. The second kappa shape index (κ2) is 4.55. The second-order valence-corrected chi connectivity index (χ2v) is 5.65. The highest BCUT2D eigenvalue weighted by atomic mass is 15.4. The molecule has 2 aromatic heterocycles. The van der Waals surface area contributed by atoms with Crippen LogP contribution in [0.5, 0.6) is 0 Å². The molecular formula is C16H17N5. The van der Waals surface area contributed by atoms with Gasteiger partial charge in [0.15, 0.2) is 0 Å². The molecule has 1 aliphatic carbocycles. The van der Waals surface area contributed by atoms with Crippen molar-refractivity contribution in [2.45, 2.75) is 32.7 Å². The first-order chi connectivity index (χ1) is 10.2. The molecule has 0 radical (unpaired) electrons. The van der Waals surface area contributed by atoms with Gasteiger partial charge >= 0.3 is 0 Å². The Hall–Kier alpha value is -2.43. The molecule has 2 heterocycles. The van der Waals surface area contributed by atoms with Crippen LogP contribution in [-0.4, -0.2) is 25.8 Å². The summed E-state index contributed by atoms with van der Waals surface area (Å²) < 4.78 is 1.81. The molecule has 1 aromatic carbocycles. The van der Waals surface area contributed by atoms with E-state index in [-0.39, 0.29) is 0 Å². The lowest BCUT2D eigenvalue weighted by Gasteiger charge is -2.10. The number of benzene rings is 1. The zero-order chi connectivity index (χ0) is 14.4. The number of fused-ring (bicyclic) bond motifs is 1. The van der Waals surface area contributed by atoms with E-state index < -0.39 is 0 Å². The molecule has 0 spiro atoms. The van der Waals surface area contributed by atoms with E-state index in [0.717, 1.165) is 28.1 Å². The predicted octanol–water partition coefficient (Wildman–Crippen LogP) is 3.01. The molecule has 0 atom stereocenters. The van der Waals surface area contributed by atoms with Gasteiger partial charge in [-0.1, -0.05) is 12.1 Å². The third-order valence-electron chi connectivity index (χ3n) is 3.71. The Bertz CT molecular complexity index is 817. The van der Waals surface area contributed by atoms with Crippen molar-refractivity contribution in [3.8, 4) is 5.95 Å². The summed E-state index contributed by atoms with van der Waals surface area (Å²) in [7, 11) is 0. The first-order valence-electron chi connectivity index (χ1n) is 7.28. The van der Waals surface area contributed by atoms with Crippen molar-refractivity contribution in [1.29, 1.82) is 0 Å². The van der Waals surface area contributed by atoms with Crippen LogP contribution < -0.4 is 5.32 Å². The van der Waals surface area contributed by atoms with Gasteiger partial charge < -0.3 is 5.32 Å². The average molecular weight is 279 g/mol. The zero-order valence-electron chi connectivity index (χ0n) is 12.2. The molecule has 1 saturated carbocycles. The minimum absolute atomic E-state index is 0.552. The molecule has 0 amide bonds. The van der Waals surface area contributed by atoms with E-state index in [9.17, 15) is 0 Å². The Morgan fingerprint density at radius 1 is 1.14 bits per heavy atom. The van der Waals surface area contributed by atoms with Gasteiger partial charge in [0, 0.05) is 17.1 Å². The van der Waals surface area contributed by atoms with Crippen LogP contribution in [0, 0.1) is 13.8 Å². The first kappa shape index (κ1) is 12.3. The predicted molar refractivity (Wildman–Crippen MR) is 82.8 cm³/mol. The highest BCUT2D eigenvalue weighted by Gasteiger charge is 2.23. The molecule has 21 heavy (non-hydrogen) atoms. The van der Waals surface area contributed by atoms with Crippen LogP contribution in [0.2, 0.25) is 0 Å². The fourth-order valence-electron chi connectivity index (χ4n) is 2.52. The lowest BCUT2D eigenvalue weighted by Crippen LogP contribution is -2.10. The van der Waals surface area contributed by atoms with Crippen molar-refractivity contribution in [3.63, 3.8) is 0 Å². The van der Waals surface area contributed by atoms with Gasteiger partial charge in [0.1, 0.15) is 5.82 Å². The van der Waals surface area contributed by atoms with E-state index in [0.29, 0.717) is 12.0 Å². The quantitative estimate of drug-likeness (QED) is 0.800. The summed E-state index contributed by atoms with van der Waals surface area (Å²) in [5.74, 6) is 1.54. The molecule has 106 valence electrons. The topological polar surface area (TPSA) is 55.6 Å². The van der Waals surface area contributed by atoms with E-state index in [4.69, 9.17) is 4.98 Å². The minimum Gasteiger partial charge on any atom is -0.367 e. The van der Waals surface area contributed by atoms with Gasteiger partial charge in [-0.25, -0.2) is 9.67 Å². The molecule has 4 rings (SSSR count). The van der Waals surface area contributed by atoms with Crippen LogP contribution in [0.4, 0.5) is 5.82 Å². The standard InChI is InChI=1S/C16H17N5/c1-10-9-11(2)21(20-10)16-18-14-6-4-3-5-13(14)15(19-16)17-12-7-8-12/h3-6,9,12H,7-8H2,1-2H3,(H,17,18,19). The Kier molecular flexibility index (Phi) is 2.67. The van der Waals surface area contributed by atoms with Crippen LogP contribution in [-0.2, 0) is 0 Å². The molecule has 1 fully saturated rings. The van der Waals surface area contributed by atoms with Crippen molar-refractivity contribution in [2.24, 2.45) is 0 Å². The number of hydrogen-bond acceptors (Lipinski definition) is 4. The second-order valence-electron chi connectivity index (χ2n) is 5.65. The Morgan fingerprint density at radius 2 is 1.95 bits per heavy atom. The van der Waals surface area contributed by atoms with Crippen molar-refractivity contribution in [3.05, 3.63) is 41.7 Å². The van der Waals surface area contributed by atoms with Crippen LogP contribution in [0.3, 0.4) is 0 Å². The normalized spacial score (nSPS) is 14.6. The summed E-state index contributed by atoms with van der Waals surface area (Å²) in [4.78, 5) is 9.36. The maximum atomic E-state index is 4.70. The minimum atomic E-state index is 0.552. The SMILES string of the molecule is Cc1cc(C)n(-c2nc(NC3CC3)c3ccccc3n2)n1. The van der Waals surface area contributed by atoms with Gasteiger partial charge in [0.05, 0.1) is 11.2 Å². The fourth-order valence-corrected chi connectivity index (χ4v) is 2.52. The van der Waals surface area contributed by atoms with E-state index in [1.165, 1.54) is 12.8 Å². The zero-order valence-corrected chi connectivity index (χ0v) is 12.2. The first-order valence-corrected chi connectivity index (χ1v) is 7.28. The maximum absolute atomic E-state index is 4.70. The molecule has 0 aliphatic heterocycles. The van der Waals surface area contributed by atoms with E-state index in [1.807, 2.05) is 38.1 Å². The number of nitrogens with zero attached hydrogens (tertiary/aromatic N) is 4. The van der Waals surface area contributed by atoms with Crippen LogP contribution in [0.15, 0.2) is 30.3 Å². The molecule has 0 saturated heterocycles. The largest absolute Gasteiger partial charge is 0.367 e. The number of aryl methyl sites for hydroxylation is 2. The summed E-state index contributed by atoms with van der Waals surface area (Å²) in [6.07, 6.45) is 2.43. The van der Waals surface area contributed by atoms with Crippen molar-refractivity contribution >= 4 is 16.7 Å². The average Bonchev–Trinajstić information content (AvgIpc) is 3.22. The third kappa shape index (κ3) is 2.24. The van der Waals surface area contributed by atoms with E-state index in [2.05, 4.69) is 21.5 Å².